The van der Waals surface area contributed by atoms with Gasteiger partial charge in [-0.05, 0) is 24.6 Å². The fraction of sp³-hybridized carbons (Fsp3) is 0.364. The van der Waals surface area contributed by atoms with Gasteiger partial charge in [0.25, 0.3) is 0 Å². The molecule has 8 nitrogen and oxygen atoms in total. The highest BCUT2D eigenvalue weighted by atomic mass is 32.2. The van der Waals surface area contributed by atoms with Crippen molar-refractivity contribution in [3.8, 4) is 0 Å². The maximum atomic E-state index is 12.0. The molecule has 21 heavy (non-hydrogen) atoms. The summed E-state index contributed by atoms with van der Waals surface area (Å²) in [5, 5.41) is -0.731. The molecular weight excluding hydrogens is 318 g/mol. The number of aromatic nitrogens is 2. The second kappa shape index (κ2) is 5.72. The fourth-order valence-corrected chi connectivity index (χ4v) is 3.26. The number of sulfonamides is 1. The van der Waals surface area contributed by atoms with E-state index in [9.17, 15) is 21.4 Å². The summed E-state index contributed by atoms with van der Waals surface area (Å²) in [5.41, 5.74) is 0.375. The number of nitrogens with zero attached hydrogens (tertiary/aromatic N) is 1. The van der Waals surface area contributed by atoms with Gasteiger partial charge in [0.15, 0.2) is 10.1 Å². The molecule has 0 aliphatic carbocycles. The van der Waals surface area contributed by atoms with Crippen molar-refractivity contribution in [1.82, 2.24) is 14.7 Å². The van der Waals surface area contributed by atoms with Gasteiger partial charge in [-0.2, -0.15) is 0 Å². The van der Waals surface area contributed by atoms with Crippen molar-refractivity contribution >= 4 is 31.2 Å². The van der Waals surface area contributed by atoms with Crippen molar-refractivity contribution < 1.29 is 21.4 Å². The molecule has 2 aromatic rings. The lowest BCUT2D eigenvalue weighted by Gasteiger charge is -2.05. The Morgan fingerprint density at radius 2 is 2.00 bits per heavy atom. The molecule has 0 aliphatic rings. The minimum Gasteiger partial charge on any atom is -0.742 e. The van der Waals surface area contributed by atoms with Crippen molar-refractivity contribution in [2.24, 2.45) is 0 Å². The number of imidazole rings is 1. The molecule has 2 N–H and O–H groups in total. The van der Waals surface area contributed by atoms with Gasteiger partial charge >= 0.3 is 0 Å². The monoisotopic (exact) mass is 332 g/mol. The minimum absolute atomic E-state index is 0.0235. The standard InChI is InChI=1S/C11H15N3O5S2/c1-2-3-6-12-20(15,16)8-4-5-9-10(7-8)14-11(13-9)21(17,18)19/h4-5,7,12H,2-3,6H2,1H3,(H,13,14)(H,17,18,19)/p-1. The Morgan fingerprint density at radius 3 is 2.62 bits per heavy atom. The van der Waals surface area contributed by atoms with Gasteiger partial charge in [0.1, 0.15) is 0 Å². The smallest absolute Gasteiger partial charge is 0.240 e. The SMILES string of the molecule is CCCCNS(=O)(=O)c1ccc2nc(S(=O)(=O)[O-])[nH]c2c1. The van der Waals surface area contributed by atoms with Gasteiger partial charge in [0.05, 0.1) is 15.9 Å². The first-order chi connectivity index (χ1) is 9.74. The molecule has 0 saturated carbocycles. The van der Waals surface area contributed by atoms with Crippen LogP contribution in [0.1, 0.15) is 19.8 Å². The lowest BCUT2D eigenvalue weighted by molar-refractivity contribution is 0.456. The number of rotatable bonds is 6. The number of hydrogen-bond donors (Lipinski definition) is 2. The zero-order valence-electron chi connectivity index (χ0n) is 11.2. The minimum atomic E-state index is -4.71. The summed E-state index contributed by atoms with van der Waals surface area (Å²) in [5.74, 6) is 0. The first kappa shape index (κ1) is 15.9. The molecule has 0 unspecified atom stereocenters. The molecule has 0 spiro atoms. The Balaban J connectivity index is 2.39. The molecule has 0 fully saturated rings. The van der Waals surface area contributed by atoms with Crippen LogP contribution in [0.3, 0.4) is 0 Å². The van der Waals surface area contributed by atoms with Crippen LogP contribution in [0.4, 0.5) is 0 Å². The molecule has 116 valence electrons. The zero-order chi connectivity index (χ0) is 15.7. The Kier molecular flexibility index (Phi) is 4.33. The van der Waals surface area contributed by atoms with E-state index in [1.807, 2.05) is 6.92 Å². The third kappa shape index (κ3) is 3.59. The number of benzene rings is 1. The first-order valence-electron chi connectivity index (χ1n) is 6.19. The predicted octanol–water partition coefficient (Wildman–Crippen LogP) is 0.545. The molecule has 0 saturated heterocycles. The van der Waals surface area contributed by atoms with E-state index < -0.39 is 25.3 Å². The molecule has 0 bridgehead atoms. The van der Waals surface area contributed by atoms with Crippen LogP contribution in [0.5, 0.6) is 0 Å². The van der Waals surface area contributed by atoms with Crippen LogP contribution in [0.15, 0.2) is 28.3 Å². The molecular formula is C11H14N3O5S2-. The quantitative estimate of drug-likeness (QED) is 0.586. The van der Waals surface area contributed by atoms with Gasteiger partial charge in [0, 0.05) is 6.54 Å². The highest BCUT2D eigenvalue weighted by Gasteiger charge is 2.16. The van der Waals surface area contributed by atoms with Crippen LogP contribution in [-0.4, -0.2) is 37.9 Å². The van der Waals surface area contributed by atoms with Crippen LogP contribution >= 0.6 is 0 Å². The number of aromatic amines is 1. The maximum absolute atomic E-state index is 12.0. The van der Waals surface area contributed by atoms with E-state index in [0.29, 0.717) is 13.0 Å². The molecule has 0 atom stereocenters. The molecule has 0 radical (unpaired) electrons. The molecule has 0 amide bonds. The van der Waals surface area contributed by atoms with Crippen molar-refractivity contribution in [2.75, 3.05) is 6.54 Å². The highest BCUT2D eigenvalue weighted by molar-refractivity contribution is 7.89. The number of fused-ring (bicyclic) bond motifs is 1. The Morgan fingerprint density at radius 1 is 1.29 bits per heavy atom. The molecule has 2 rings (SSSR count). The average Bonchev–Trinajstić information content (AvgIpc) is 2.81. The average molecular weight is 332 g/mol. The zero-order valence-corrected chi connectivity index (χ0v) is 12.8. The number of hydrogen-bond acceptors (Lipinski definition) is 6. The summed E-state index contributed by atoms with van der Waals surface area (Å²) in [7, 11) is -8.39. The largest absolute Gasteiger partial charge is 0.742 e. The van der Waals surface area contributed by atoms with Gasteiger partial charge in [0.2, 0.25) is 15.2 Å². The summed E-state index contributed by atoms with van der Waals surface area (Å²) < 4.78 is 59.1. The Bertz CT molecular complexity index is 855. The van der Waals surface area contributed by atoms with Gasteiger partial charge in [-0.15, -0.1) is 0 Å². The normalized spacial score (nSPS) is 12.9. The Hall–Kier alpha value is -1.49. The third-order valence-corrected chi connectivity index (χ3v) is 4.93. The Labute approximate surface area is 122 Å². The number of H-pyrrole nitrogens is 1. The van der Waals surface area contributed by atoms with E-state index in [4.69, 9.17) is 0 Å². The van der Waals surface area contributed by atoms with Crippen LogP contribution in [-0.2, 0) is 20.1 Å². The van der Waals surface area contributed by atoms with Gasteiger partial charge in [-0.3, -0.25) is 0 Å². The summed E-state index contributed by atoms with van der Waals surface area (Å²) in [6.45, 7) is 2.26. The maximum Gasteiger partial charge on any atom is 0.240 e. The third-order valence-electron chi connectivity index (χ3n) is 2.80. The number of unbranched alkanes of at least 4 members (excludes halogenated alkanes) is 1. The van der Waals surface area contributed by atoms with Crippen LogP contribution in [0, 0.1) is 0 Å². The van der Waals surface area contributed by atoms with E-state index >= 15 is 0 Å². The van der Waals surface area contributed by atoms with E-state index in [0.717, 1.165) is 6.42 Å². The fourth-order valence-electron chi connectivity index (χ4n) is 1.72. The first-order valence-corrected chi connectivity index (χ1v) is 9.08. The van der Waals surface area contributed by atoms with Gasteiger partial charge in [-0.25, -0.2) is 26.5 Å². The molecule has 1 heterocycles. The van der Waals surface area contributed by atoms with Crippen molar-refractivity contribution in [3.05, 3.63) is 18.2 Å². The van der Waals surface area contributed by atoms with E-state index in [-0.39, 0.29) is 15.9 Å². The summed E-state index contributed by atoms with van der Waals surface area (Å²) in [6, 6.07) is 3.89. The summed E-state index contributed by atoms with van der Waals surface area (Å²) in [6.07, 6.45) is 1.57. The second-order valence-electron chi connectivity index (χ2n) is 4.43. The van der Waals surface area contributed by atoms with E-state index in [2.05, 4.69) is 14.7 Å². The molecule has 1 aromatic carbocycles. The predicted molar refractivity (Wildman–Crippen MR) is 74.2 cm³/mol. The molecule has 1 aromatic heterocycles. The number of nitrogens with one attached hydrogen (secondary N) is 2. The van der Waals surface area contributed by atoms with E-state index in [1.165, 1.54) is 18.2 Å². The molecule has 0 aliphatic heterocycles. The van der Waals surface area contributed by atoms with Gasteiger partial charge < -0.3 is 9.54 Å². The lowest BCUT2D eigenvalue weighted by atomic mass is 10.3. The van der Waals surface area contributed by atoms with E-state index in [1.54, 1.807) is 0 Å². The second-order valence-corrected chi connectivity index (χ2v) is 7.49. The van der Waals surface area contributed by atoms with Crippen molar-refractivity contribution in [2.45, 2.75) is 29.8 Å². The topological polar surface area (TPSA) is 132 Å². The highest BCUT2D eigenvalue weighted by Crippen LogP contribution is 2.19. The molecule has 10 heteroatoms. The van der Waals surface area contributed by atoms with Crippen molar-refractivity contribution in [3.63, 3.8) is 0 Å². The van der Waals surface area contributed by atoms with Crippen molar-refractivity contribution in [1.29, 1.82) is 0 Å². The van der Waals surface area contributed by atoms with Gasteiger partial charge in [-0.1, -0.05) is 13.3 Å². The van der Waals surface area contributed by atoms with Crippen LogP contribution < -0.4 is 4.72 Å². The van der Waals surface area contributed by atoms with Crippen LogP contribution in [0.2, 0.25) is 0 Å². The summed E-state index contributed by atoms with van der Waals surface area (Å²) in [4.78, 5) is 5.90. The lowest BCUT2D eigenvalue weighted by Crippen LogP contribution is -2.24. The summed E-state index contributed by atoms with van der Waals surface area (Å²) >= 11 is 0. The van der Waals surface area contributed by atoms with Crippen LogP contribution in [0.25, 0.3) is 11.0 Å².